The number of hydrogen-bond donors (Lipinski definition) is 0. The monoisotopic (exact) mass is 426 g/mol. The lowest BCUT2D eigenvalue weighted by Gasteiger charge is -2.26. The minimum Gasteiger partial charge on any atom is -0.372 e. The normalized spacial score (nSPS) is 16.4. The Bertz CT molecular complexity index is 1130. The zero-order chi connectivity index (χ0) is 20.7. The number of fused-ring (bicyclic) bond motifs is 3. The number of rotatable bonds is 5. The first-order valence-electron chi connectivity index (χ1n) is 9.88. The van der Waals surface area contributed by atoms with E-state index in [2.05, 4.69) is 20.4 Å². The molecule has 0 radical (unpaired) electrons. The third-order valence-corrected chi connectivity index (χ3v) is 7.46. The fourth-order valence-corrected chi connectivity index (χ4v) is 5.56. The van der Waals surface area contributed by atoms with Crippen molar-refractivity contribution in [2.75, 3.05) is 5.75 Å². The zero-order valence-electron chi connectivity index (χ0n) is 17.3. The van der Waals surface area contributed by atoms with Gasteiger partial charge in [-0.1, -0.05) is 55.5 Å². The summed E-state index contributed by atoms with van der Waals surface area (Å²) >= 11 is 3.16. The maximum atomic E-state index is 13.7. The Balaban J connectivity index is 1.93. The Hall–Kier alpha value is -1.89. The molecule has 0 spiro atoms. The van der Waals surface area contributed by atoms with E-state index >= 15 is 0 Å². The van der Waals surface area contributed by atoms with Crippen molar-refractivity contribution in [2.45, 2.75) is 52.0 Å². The van der Waals surface area contributed by atoms with E-state index in [1.54, 1.807) is 27.7 Å². The van der Waals surface area contributed by atoms with Crippen LogP contribution in [0.1, 0.15) is 36.8 Å². The number of aromatic nitrogens is 2. The molecule has 1 aliphatic rings. The SMILES string of the molecule is C=C(C)CSc1nc2sc3c(c2c(=O)n1-c1ccc(C)cc1)CC(C(C)C)OC3. The van der Waals surface area contributed by atoms with Crippen LogP contribution in [0, 0.1) is 12.8 Å². The average molecular weight is 427 g/mol. The van der Waals surface area contributed by atoms with E-state index in [9.17, 15) is 4.79 Å². The standard InChI is InChI=1S/C23H26N2O2S2/c1-13(2)12-28-23-24-21-20(17-10-18(14(3)4)27-11-19(17)29-21)22(26)25(23)16-8-6-15(5)7-9-16/h6-9,14,18H,1,10-12H2,2-5H3. The van der Waals surface area contributed by atoms with E-state index in [0.717, 1.165) is 49.7 Å². The van der Waals surface area contributed by atoms with Crippen molar-refractivity contribution in [3.8, 4) is 5.69 Å². The molecule has 2 aromatic heterocycles. The van der Waals surface area contributed by atoms with Crippen molar-refractivity contribution in [3.05, 3.63) is 62.8 Å². The molecule has 1 atom stereocenters. The maximum absolute atomic E-state index is 13.7. The maximum Gasteiger partial charge on any atom is 0.267 e. The highest BCUT2D eigenvalue weighted by atomic mass is 32.2. The van der Waals surface area contributed by atoms with E-state index in [-0.39, 0.29) is 11.7 Å². The van der Waals surface area contributed by atoms with Gasteiger partial charge in [0.05, 0.1) is 23.8 Å². The van der Waals surface area contributed by atoms with Crippen LogP contribution < -0.4 is 5.56 Å². The second kappa shape index (κ2) is 8.09. The highest BCUT2D eigenvalue weighted by Crippen LogP contribution is 2.36. The Morgan fingerprint density at radius 3 is 2.76 bits per heavy atom. The van der Waals surface area contributed by atoms with Gasteiger partial charge in [0.15, 0.2) is 5.16 Å². The smallest absolute Gasteiger partial charge is 0.267 e. The van der Waals surface area contributed by atoms with Crippen LogP contribution >= 0.6 is 23.1 Å². The van der Waals surface area contributed by atoms with Crippen LogP contribution in [0.4, 0.5) is 0 Å². The summed E-state index contributed by atoms with van der Waals surface area (Å²) in [4.78, 5) is 20.6. The molecule has 1 aliphatic heterocycles. The molecule has 0 amide bonds. The molecule has 0 N–H and O–H groups in total. The van der Waals surface area contributed by atoms with Crippen molar-refractivity contribution in [1.29, 1.82) is 0 Å². The first-order valence-corrected chi connectivity index (χ1v) is 11.7. The molecular weight excluding hydrogens is 400 g/mol. The summed E-state index contributed by atoms with van der Waals surface area (Å²) < 4.78 is 7.80. The van der Waals surface area contributed by atoms with E-state index in [0.29, 0.717) is 17.7 Å². The summed E-state index contributed by atoms with van der Waals surface area (Å²) in [6.07, 6.45) is 0.917. The number of hydrogen-bond acceptors (Lipinski definition) is 5. The van der Waals surface area contributed by atoms with Gasteiger partial charge in [0.1, 0.15) is 4.83 Å². The van der Waals surface area contributed by atoms with E-state index < -0.39 is 0 Å². The van der Waals surface area contributed by atoms with Crippen LogP contribution in [0.15, 0.2) is 46.4 Å². The van der Waals surface area contributed by atoms with Gasteiger partial charge >= 0.3 is 0 Å². The Kier molecular flexibility index (Phi) is 5.69. The molecule has 0 bridgehead atoms. The topological polar surface area (TPSA) is 44.1 Å². The first-order chi connectivity index (χ1) is 13.8. The van der Waals surface area contributed by atoms with Crippen molar-refractivity contribution < 1.29 is 4.74 Å². The number of benzene rings is 1. The highest BCUT2D eigenvalue weighted by Gasteiger charge is 2.28. The molecule has 0 fully saturated rings. The summed E-state index contributed by atoms with van der Waals surface area (Å²) in [5, 5.41) is 1.48. The first kappa shape index (κ1) is 20.4. The van der Waals surface area contributed by atoms with Crippen LogP contribution in [-0.4, -0.2) is 21.4 Å². The predicted molar refractivity (Wildman–Crippen MR) is 123 cm³/mol. The van der Waals surface area contributed by atoms with E-state index in [1.165, 1.54) is 0 Å². The quantitative estimate of drug-likeness (QED) is 0.306. The molecule has 152 valence electrons. The minimum atomic E-state index is 0.0185. The second-order valence-corrected chi connectivity index (χ2v) is 10.1. The van der Waals surface area contributed by atoms with Crippen LogP contribution in [0.2, 0.25) is 0 Å². The number of ether oxygens (including phenoxy) is 1. The lowest BCUT2D eigenvalue weighted by Crippen LogP contribution is -2.28. The van der Waals surface area contributed by atoms with Gasteiger partial charge in [-0.25, -0.2) is 4.98 Å². The number of thiophene rings is 1. The minimum absolute atomic E-state index is 0.0185. The molecule has 4 rings (SSSR count). The van der Waals surface area contributed by atoms with Crippen molar-refractivity contribution in [1.82, 2.24) is 9.55 Å². The third-order valence-electron chi connectivity index (χ3n) is 5.19. The molecule has 3 aromatic rings. The lowest BCUT2D eigenvalue weighted by molar-refractivity contribution is 0.00200. The van der Waals surface area contributed by atoms with Gasteiger partial charge < -0.3 is 4.74 Å². The molecule has 0 saturated carbocycles. The fourth-order valence-electron chi connectivity index (χ4n) is 3.54. The lowest BCUT2D eigenvalue weighted by atomic mass is 9.96. The van der Waals surface area contributed by atoms with E-state index in [1.807, 2.05) is 38.1 Å². The molecule has 1 unspecified atom stereocenters. The van der Waals surface area contributed by atoms with Gasteiger partial charge in [0, 0.05) is 17.1 Å². The second-order valence-electron chi connectivity index (χ2n) is 8.10. The van der Waals surface area contributed by atoms with Crippen LogP contribution in [0.25, 0.3) is 15.9 Å². The largest absolute Gasteiger partial charge is 0.372 e. The van der Waals surface area contributed by atoms with Gasteiger partial charge in [0.2, 0.25) is 0 Å². The molecule has 6 heteroatoms. The summed E-state index contributed by atoms with van der Waals surface area (Å²) in [5.41, 5.74) is 4.22. The van der Waals surface area contributed by atoms with Crippen LogP contribution in [0.3, 0.4) is 0 Å². The van der Waals surface area contributed by atoms with Crippen molar-refractivity contribution in [2.24, 2.45) is 5.92 Å². The van der Waals surface area contributed by atoms with Crippen molar-refractivity contribution in [3.63, 3.8) is 0 Å². The molecule has 29 heavy (non-hydrogen) atoms. The highest BCUT2D eigenvalue weighted by molar-refractivity contribution is 7.99. The summed E-state index contributed by atoms with van der Waals surface area (Å²) in [5.74, 6) is 1.14. The molecule has 3 heterocycles. The van der Waals surface area contributed by atoms with E-state index in [4.69, 9.17) is 9.72 Å². The van der Waals surface area contributed by atoms with Gasteiger partial charge in [-0.2, -0.15) is 0 Å². The zero-order valence-corrected chi connectivity index (χ0v) is 19.0. The van der Waals surface area contributed by atoms with Gasteiger partial charge in [0.25, 0.3) is 5.56 Å². The Morgan fingerprint density at radius 2 is 2.10 bits per heavy atom. The fraction of sp³-hybridized carbons (Fsp3) is 0.391. The number of aryl methyl sites for hydroxylation is 1. The van der Waals surface area contributed by atoms with Crippen LogP contribution in [-0.2, 0) is 17.8 Å². The molecular formula is C23H26N2O2S2. The van der Waals surface area contributed by atoms with Gasteiger partial charge in [-0.05, 0) is 37.5 Å². The van der Waals surface area contributed by atoms with Gasteiger partial charge in [-0.15, -0.1) is 11.3 Å². The Morgan fingerprint density at radius 1 is 1.38 bits per heavy atom. The molecule has 0 aliphatic carbocycles. The summed E-state index contributed by atoms with van der Waals surface area (Å²) in [6.45, 7) is 12.9. The average Bonchev–Trinajstić information content (AvgIpc) is 3.05. The molecule has 1 aromatic carbocycles. The third kappa shape index (κ3) is 3.93. The number of thioether (sulfide) groups is 1. The van der Waals surface area contributed by atoms with Crippen LogP contribution in [0.5, 0.6) is 0 Å². The van der Waals surface area contributed by atoms with Crippen molar-refractivity contribution >= 4 is 33.3 Å². The summed E-state index contributed by atoms with van der Waals surface area (Å²) in [6, 6.07) is 8.05. The van der Waals surface area contributed by atoms with Gasteiger partial charge in [-0.3, -0.25) is 9.36 Å². The predicted octanol–water partition coefficient (Wildman–Crippen LogP) is 5.52. The molecule has 0 saturated heterocycles. The Labute approximate surface area is 179 Å². The summed E-state index contributed by atoms with van der Waals surface area (Å²) in [7, 11) is 0. The molecule has 4 nitrogen and oxygen atoms in total. The number of nitrogens with zero attached hydrogens (tertiary/aromatic N) is 2.